The molecule has 1 aromatic rings. The zero-order valence-corrected chi connectivity index (χ0v) is 13.6. The summed E-state index contributed by atoms with van der Waals surface area (Å²) in [5, 5.41) is 2.90. The van der Waals surface area contributed by atoms with E-state index in [9.17, 15) is 4.79 Å². The maximum atomic E-state index is 11.8. The van der Waals surface area contributed by atoms with Crippen LogP contribution in [0.5, 0.6) is 0 Å². The SMILES string of the molecule is CC(C)(C)OC(=O)N[C@@H](Cc1ccc(Br)cc1)[C@H]1CO1. The van der Waals surface area contributed by atoms with Crippen molar-refractivity contribution < 1.29 is 14.3 Å². The van der Waals surface area contributed by atoms with Crippen molar-refractivity contribution in [3.05, 3.63) is 34.3 Å². The second kappa shape index (κ2) is 6.14. The number of rotatable bonds is 4. The largest absolute Gasteiger partial charge is 0.444 e. The summed E-state index contributed by atoms with van der Waals surface area (Å²) in [6.07, 6.45) is 0.429. The van der Waals surface area contributed by atoms with Gasteiger partial charge in [0.2, 0.25) is 0 Å². The predicted octanol–water partition coefficient (Wildman–Crippen LogP) is 3.28. The molecule has 20 heavy (non-hydrogen) atoms. The number of carbonyl (C=O) groups excluding carboxylic acids is 1. The molecule has 0 bridgehead atoms. The Bertz CT molecular complexity index is 463. The first-order chi connectivity index (χ1) is 9.33. The minimum atomic E-state index is -0.489. The van der Waals surface area contributed by atoms with Gasteiger partial charge < -0.3 is 14.8 Å². The van der Waals surface area contributed by atoms with Crippen molar-refractivity contribution in [2.24, 2.45) is 0 Å². The van der Waals surface area contributed by atoms with Crippen molar-refractivity contribution in [2.45, 2.75) is 44.9 Å². The van der Waals surface area contributed by atoms with E-state index in [1.807, 2.05) is 45.0 Å². The summed E-state index contributed by atoms with van der Waals surface area (Å²) >= 11 is 3.41. The lowest BCUT2D eigenvalue weighted by atomic mass is 10.0. The van der Waals surface area contributed by atoms with Gasteiger partial charge in [0.15, 0.2) is 0 Å². The van der Waals surface area contributed by atoms with Crippen LogP contribution in [-0.4, -0.2) is 30.4 Å². The maximum absolute atomic E-state index is 11.8. The van der Waals surface area contributed by atoms with Gasteiger partial charge in [-0.2, -0.15) is 0 Å². The monoisotopic (exact) mass is 341 g/mol. The highest BCUT2D eigenvalue weighted by Gasteiger charge is 2.34. The number of ether oxygens (including phenoxy) is 2. The molecule has 0 spiro atoms. The smallest absolute Gasteiger partial charge is 0.407 e. The van der Waals surface area contributed by atoms with E-state index < -0.39 is 11.7 Å². The molecular formula is C15H20BrNO3. The van der Waals surface area contributed by atoms with Gasteiger partial charge in [-0.25, -0.2) is 4.79 Å². The van der Waals surface area contributed by atoms with E-state index in [0.29, 0.717) is 6.61 Å². The lowest BCUT2D eigenvalue weighted by Crippen LogP contribution is -2.43. The third-order valence-corrected chi connectivity index (χ3v) is 3.41. The molecule has 1 heterocycles. The van der Waals surface area contributed by atoms with E-state index in [4.69, 9.17) is 9.47 Å². The fourth-order valence-electron chi connectivity index (χ4n) is 1.90. The number of nitrogens with one attached hydrogen (secondary N) is 1. The van der Waals surface area contributed by atoms with Crippen molar-refractivity contribution in [3.63, 3.8) is 0 Å². The van der Waals surface area contributed by atoms with Gasteiger partial charge in [0.25, 0.3) is 0 Å². The van der Waals surface area contributed by atoms with Crippen LogP contribution in [0, 0.1) is 0 Å². The minimum absolute atomic E-state index is 0.0500. The number of amides is 1. The lowest BCUT2D eigenvalue weighted by Gasteiger charge is -2.23. The zero-order valence-electron chi connectivity index (χ0n) is 12.0. The maximum Gasteiger partial charge on any atom is 0.407 e. The first-order valence-electron chi connectivity index (χ1n) is 6.69. The molecule has 4 nitrogen and oxygen atoms in total. The first kappa shape index (κ1) is 15.3. The molecule has 1 aliphatic heterocycles. The number of hydrogen-bond donors (Lipinski definition) is 1. The average Bonchev–Trinajstić information content (AvgIpc) is 3.12. The van der Waals surface area contributed by atoms with Crippen molar-refractivity contribution in [2.75, 3.05) is 6.61 Å². The molecular weight excluding hydrogens is 322 g/mol. The molecule has 2 rings (SSSR count). The quantitative estimate of drug-likeness (QED) is 0.855. The number of benzene rings is 1. The Hall–Kier alpha value is -1.07. The first-order valence-corrected chi connectivity index (χ1v) is 7.48. The molecule has 110 valence electrons. The minimum Gasteiger partial charge on any atom is -0.444 e. The highest BCUT2D eigenvalue weighted by Crippen LogP contribution is 2.20. The fourth-order valence-corrected chi connectivity index (χ4v) is 2.16. The average molecular weight is 342 g/mol. The van der Waals surface area contributed by atoms with Gasteiger partial charge in [-0.3, -0.25) is 0 Å². The summed E-state index contributed by atoms with van der Waals surface area (Å²) in [4.78, 5) is 11.8. The summed E-state index contributed by atoms with van der Waals surface area (Å²) in [5.74, 6) is 0. The summed E-state index contributed by atoms with van der Waals surface area (Å²) in [6.45, 7) is 6.24. The summed E-state index contributed by atoms with van der Waals surface area (Å²) < 4.78 is 11.7. The van der Waals surface area contributed by atoms with Crippen molar-refractivity contribution in [3.8, 4) is 0 Å². The number of alkyl carbamates (subject to hydrolysis) is 1. The van der Waals surface area contributed by atoms with Crippen LogP contribution in [0.3, 0.4) is 0 Å². The van der Waals surface area contributed by atoms with Gasteiger partial charge in [-0.1, -0.05) is 28.1 Å². The van der Waals surface area contributed by atoms with E-state index >= 15 is 0 Å². The predicted molar refractivity (Wildman–Crippen MR) is 80.7 cm³/mol. The van der Waals surface area contributed by atoms with E-state index in [0.717, 1.165) is 16.5 Å². The fraction of sp³-hybridized carbons (Fsp3) is 0.533. The highest BCUT2D eigenvalue weighted by atomic mass is 79.9. The summed E-state index contributed by atoms with van der Waals surface area (Å²) in [6, 6.07) is 8.01. The number of halogens is 1. The van der Waals surface area contributed by atoms with Crippen LogP contribution in [0.4, 0.5) is 4.79 Å². The Kier molecular flexibility index (Phi) is 4.70. The number of hydrogen-bond acceptors (Lipinski definition) is 3. The van der Waals surface area contributed by atoms with E-state index in [1.165, 1.54) is 0 Å². The van der Waals surface area contributed by atoms with Crippen LogP contribution in [0.25, 0.3) is 0 Å². The summed E-state index contributed by atoms with van der Waals surface area (Å²) in [5.41, 5.74) is 0.668. The Morgan fingerprint density at radius 3 is 2.55 bits per heavy atom. The topological polar surface area (TPSA) is 50.9 Å². The van der Waals surface area contributed by atoms with Gasteiger partial charge in [-0.15, -0.1) is 0 Å². The molecule has 1 fully saturated rings. The molecule has 1 aliphatic rings. The standard InChI is InChI=1S/C15H20BrNO3/c1-15(2,3)20-14(18)17-12(13-9-19-13)8-10-4-6-11(16)7-5-10/h4-7,12-13H,8-9H2,1-3H3,(H,17,18)/t12-,13+/m0/s1. The Morgan fingerprint density at radius 2 is 2.05 bits per heavy atom. The van der Waals surface area contributed by atoms with Crippen LogP contribution < -0.4 is 5.32 Å². The number of carbonyl (C=O) groups is 1. The lowest BCUT2D eigenvalue weighted by molar-refractivity contribution is 0.0495. The van der Waals surface area contributed by atoms with Crippen LogP contribution in [-0.2, 0) is 15.9 Å². The molecule has 1 amide bonds. The zero-order chi connectivity index (χ0) is 14.8. The van der Waals surface area contributed by atoms with Crippen LogP contribution in [0.15, 0.2) is 28.7 Å². The van der Waals surface area contributed by atoms with E-state index in [2.05, 4.69) is 21.2 Å². The van der Waals surface area contributed by atoms with Gasteiger partial charge in [-0.05, 0) is 44.9 Å². The highest BCUT2D eigenvalue weighted by molar-refractivity contribution is 9.10. The van der Waals surface area contributed by atoms with Crippen LogP contribution >= 0.6 is 15.9 Å². The van der Waals surface area contributed by atoms with E-state index in [-0.39, 0.29) is 12.1 Å². The third kappa shape index (κ3) is 5.13. The number of epoxide rings is 1. The van der Waals surface area contributed by atoms with Gasteiger partial charge in [0.05, 0.1) is 12.6 Å². The molecule has 1 saturated heterocycles. The van der Waals surface area contributed by atoms with Gasteiger partial charge in [0, 0.05) is 4.47 Å². The molecule has 0 saturated carbocycles. The second-order valence-corrected chi connectivity index (χ2v) is 6.87. The summed E-state index contributed by atoms with van der Waals surface area (Å²) in [7, 11) is 0. The molecule has 5 heteroatoms. The third-order valence-electron chi connectivity index (χ3n) is 2.88. The molecule has 1 aromatic carbocycles. The van der Waals surface area contributed by atoms with Crippen LogP contribution in [0.1, 0.15) is 26.3 Å². The molecule has 0 unspecified atom stereocenters. The molecule has 0 aromatic heterocycles. The molecule has 2 atom stereocenters. The van der Waals surface area contributed by atoms with Crippen LogP contribution in [0.2, 0.25) is 0 Å². The second-order valence-electron chi connectivity index (χ2n) is 5.96. The molecule has 0 radical (unpaired) electrons. The van der Waals surface area contributed by atoms with E-state index in [1.54, 1.807) is 0 Å². The Morgan fingerprint density at radius 1 is 1.45 bits per heavy atom. The van der Waals surface area contributed by atoms with Crippen molar-refractivity contribution in [1.29, 1.82) is 0 Å². The Balaban J connectivity index is 1.94. The normalized spacial score (nSPS) is 19.3. The van der Waals surface area contributed by atoms with Gasteiger partial charge in [0.1, 0.15) is 11.7 Å². The Labute approximate surface area is 128 Å². The van der Waals surface area contributed by atoms with Crippen molar-refractivity contribution in [1.82, 2.24) is 5.32 Å². The van der Waals surface area contributed by atoms with Gasteiger partial charge >= 0.3 is 6.09 Å². The molecule has 0 aliphatic carbocycles. The van der Waals surface area contributed by atoms with Crippen molar-refractivity contribution >= 4 is 22.0 Å². The molecule has 1 N–H and O–H groups in total.